The molecule has 120 valence electrons. The molecule has 5 nitrogen and oxygen atoms in total. The minimum Gasteiger partial charge on any atom is -0.313 e. The molecule has 0 fully saturated rings. The molecule has 0 aliphatic rings. The van der Waals surface area contributed by atoms with Crippen LogP contribution in [-0.4, -0.2) is 26.5 Å². The average molecular weight is 313 g/mol. The van der Waals surface area contributed by atoms with Gasteiger partial charge in [0.05, 0.1) is 0 Å². The van der Waals surface area contributed by atoms with Gasteiger partial charge in [-0.25, -0.2) is 18.1 Å². The van der Waals surface area contributed by atoms with Crippen LogP contribution in [0.2, 0.25) is 0 Å². The molecule has 1 rings (SSSR count). The molecule has 0 atom stereocenters. The van der Waals surface area contributed by atoms with Crippen molar-refractivity contribution in [3.05, 3.63) is 23.9 Å². The van der Waals surface area contributed by atoms with Crippen molar-refractivity contribution >= 4 is 10.0 Å². The van der Waals surface area contributed by atoms with E-state index in [1.54, 1.807) is 18.3 Å². The molecule has 0 aliphatic carbocycles. The van der Waals surface area contributed by atoms with E-state index in [9.17, 15) is 8.42 Å². The van der Waals surface area contributed by atoms with Crippen LogP contribution >= 0.6 is 0 Å². The number of pyridine rings is 1. The van der Waals surface area contributed by atoms with E-state index in [1.807, 2.05) is 0 Å². The van der Waals surface area contributed by atoms with E-state index >= 15 is 0 Å². The zero-order valence-corrected chi connectivity index (χ0v) is 14.3. The molecule has 0 radical (unpaired) electrons. The van der Waals surface area contributed by atoms with Crippen molar-refractivity contribution < 1.29 is 8.42 Å². The quantitative estimate of drug-likeness (QED) is 0.722. The highest BCUT2D eigenvalue weighted by molar-refractivity contribution is 7.89. The maximum absolute atomic E-state index is 12.1. The molecular weight excluding hydrogens is 286 g/mol. The Morgan fingerprint density at radius 1 is 1.19 bits per heavy atom. The maximum Gasteiger partial charge on any atom is 0.258 e. The van der Waals surface area contributed by atoms with Gasteiger partial charge >= 0.3 is 0 Å². The Bertz CT molecular complexity index is 519. The molecule has 1 aromatic heterocycles. The van der Waals surface area contributed by atoms with Crippen LogP contribution in [0.15, 0.2) is 23.4 Å². The van der Waals surface area contributed by atoms with Crippen molar-refractivity contribution in [3.63, 3.8) is 0 Å². The first kappa shape index (κ1) is 18.1. The Kier molecular flexibility index (Phi) is 6.77. The molecule has 0 aliphatic heterocycles. The van der Waals surface area contributed by atoms with E-state index in [4.69, 9.17) is 0 Å². The van der Waals surface area contributed by atoms with Gasteiger partial charge in [-0.05, 0) is 36.4 Å². The van der Waals surface area contributed by atoms with Crippen LogP contribution in [0.5, 0.6) is 0 Å². The van der Waals surface area contributed by atoms with Crippen LogP contribution in [0.1, 0.15) is 46.1 Å². The molecule has 0 unspecified atom stereocenters. The fraction of sp³-hybridized carbons (Fsp3) is 0.667. The molecule has 0 aromatic carbocycles. The van der Waals surface area contributed by atoms with Crippen LogP contribution < -0.4 is 10.0 Å². The van der Waals surface area contributed by atoms with Gasteiger partial charge < -0.3 is 5.32 Å². The minimum absolute atomic E-state index is 0.0793. The number of hydrogen-bond donors (Lipinski definition) is 2. The van der Waals surface area contributed by atoms with Gasteiger partial charge in [0.1, 0.15) is 0 Å². The molecule has 0 amide bonds. The number of hydrogen-bond acceptors (Lipinski definition) is 4. The van der Waals surface area contributed by atoms with E-state index < -0.39 is 10.0 Å². The molecule has 0 spiro atoms. The van der Waals surface area contributed by atoms with Crippen molar-refractivity contribution in [3.8, 4) is 0 Å². The van der Waals surface area contributed by atoms with Crippen LogP contribution in [0, 0.1) is 5.41 Å². The summed E-state index contributed by atoms with van der Waals surface area (Å²) < 4.78 is 26.8. The fourth-order valence-corrected chi connectivity index (χ4v) is 2.68. The topological polar surface area (TPSA) is 71.1 Å². The molecule has 0 saturated heterocycles. The van der Waals surface area contributed by atoms with Crippen molar-refractivity contribution in [2.24, 2.45) is 5.41 Å². The summed E-state index contributed by atoms with van der Waals surface area (Å²) in [4.78, 5) is 4.05. The van der Waals surface area contributed by atoms with Crippen LogP contribution in [-0.2, 0) is 16.6 Å². The third kappa shape index (κ3) is 7.02. The number of sulfonamides is 1. The third-order valence-electron chi connectivity index (χ3n) is 3.00. The molecule has 21 heavy (non-hydrogen) atoms. The van der Waals surface area contributed by atoms with Gasteiger partial charge in [-0.2, -0.15) is 0 Å². The Labute approximate surface area is 128 Å². The molecule has 0 bridgehead atoms. The second kappa shape index (κ2) is 7.87. The maximum atomic E-state index is 12.1. The Balaban J connectivity index is 2.59. The summed E-state index contributed by atoms with van der Waals surface area (Å²) in [6, 6.07) is 3.36. The van der Waals surface area contributed by atoms with Gasteiger partial charge in [0, 0.05) is 19.3 Å². The Morgan fingerprint density at radius 3 is 2.43 bits per heavy atom. The molecular formula is C15H27N3O2S. The lowest BCUT2D eigenvalue weighted by atomic mass is 9.93. The zero-order chi connectivity index (χ0) is 15.9. The van der Waals surface area contributed by atoms with Crippen molar-refractivity contribution in [1.82, 2.24) is 15.0 Å². The lowest BCUT2D eigenvalue weighted by Gasteiger charge is -2.17. The van der Waals surface area contributed by atoms with E-state index in [0.717, 1.165) is 24.9 Å². The van der Waals surface area contributed by atoms with E-state index in [1.165, 1.54) is 0 Å². The van der Waals surface area contributed by atoms with Crippen molar-refractivity contribution in [1.29, 1.82) is 0 Å². The zero-order valence-electron chi connectivity index (χ0n) is 13.4. The van der Waals surface area contributed by atoms with E-state index in [-0.39, 0.29) is 10.4 Å². The van der Waals surface area contributed by atoms with Gasteiger partial charge in [0.25, 0.3) is 10.0 Å². The summed E-state index contributed by atoms with van der Waals surface area (Å²) in [5.74, 6) is 0. The van der Waals surface area contributed by atoms with Gasteiger partial charge in [-0.1, -0.05) is 33.8 Å². The van der Waals surface area contributed by atoms with Crippen molar-refractivity contribution in [2.75, 3.05) is 13.1 Å². The molecule has 2 N–H and O–H groups in total. The monoisotopic (exact) mass is 313 g/mol. The molecule has 1 aromatic rings. The first-order valence-electron chi connectivity index (χ1n) is 7.40. The SMILES string of the molecule is CCCNCc1ccc(S(=O)(=O)NCCC(C)(C)C)nc1. The van der Waals surface area contributed by atoms with Gasteiger partial charge in [-0.15, -0.1) is 0 Å². The summed E-state index contributed by atoms with van der Waals surface area (Å²) in [5.41, 5.74) is 1.09. The summed E-state index contributed by atoms with van der Waals surface area (Å²) in [7, 11) is -3.51. The minimum atomic E-state index is -3.51. The first-order chi connectivity index (χ1) is 9.74. The van der Waals surface area contributed by atoms with E-state index in [0.29, 0.717) is 13.1 Å². The van der Waals surface area contributed by atoms with Gasteiger partial charge in [-0.3, -0.25) is 0 Å². The summed E-state index contributed by atoms with van der Waals surface area (Å²) in [6.07, 6.45) is 3.46. The van der Waals surface area contributed by atoms with Crippen LogP contribution in [0.3, 0.4) is 0 Å². The Morgan fingerprint density at radius 2 is 1.90 bits per heavy atom. The Hall–Kier alpha value is -0.980. The standard InChI is InChI=1S/C15H27N3O2S/c1-5-9-16-11-13-6-7-14(17-12-13)21(19,20)18-10-8-15(2,3)4/h6-7,12,16,18H,5,8-11H2,1-4H3. The molecule has 1 heterocycles. The summed E-state index contributed by atoms with van der Waals surface area (Å²) >= 11 is 0. The summed E-state index contributed by atoms with van der Waals surface area (Å²) in [5, 5.41) is 3.33. The third-order valence-corrected chi connectivity index (χ3v) is 4.37. The normalized spacial score (nSPS) is 12.6. The molecule has 6 heteroatoms. The van der Waals surface area contributed by atoms with Crippen LogP contribution in [0.4, 0.5) is 0 Å². The van der Waals surface area contributed by atoms with Gasteiger partial charge in [0.2, 0.25) is 0 Å². The highest BCUT2D eigenvalue weighted by Crippen LogP contribution is 2.17. The van der Waals surface area contributed by atoms with E-state index in [2.05, 4.69) is 42.7 Å². The first-order valence-corrected chi connectivity index (χ1v) is 8.88. The molecule has 0 saturated carbocycles. The van der Waals surface area contributed by atoms with Crippen molar-refractivity contribution in [2.45, 2.75) is 52.1 Å². The number of nitrogens with zero attached hydrogens (tertiary/aromatic N) is 1. The largest absolute Gasteiger partial charge is 0.313 e. The number of nitrogens with one attached hydrogen (secondary N) is 2. The predicted molar refractivity (Wildman–Crippen MR) is 85.5 cm³/mol. The van der Waals surface area contributed by atoms with Crippen LogP contribution in [0.25, 0.3) is 0 Å². The number of aromatic nitrogens is 1. The lowest BCUT2D eigenvalue weighted by molar-refractivity contribution is 0.378. The number of rotatable bonds is 8. The summed E-state index contributed by atoms with van der Waals surface area (Å²) in [6.45, 7) is 10.4. The highest BCUT2D eigenvalue weighted by Gasteiger charge is 2.17. The fourth-order valence-electron chi connectivity index (χ4n) is 1.72. The second-order valence-electron chi connectivity index (χ2n) is 6.39. The van der Waals surface area contributed by atoms with Gasteiger partial charge in [0.15, 0.2) is 5.03 Å². The average Bonchev–Trinajstić information content (AvgIpc) is 2.38. The second-order valence-corrected chi connectivity index (χ2v) is 8.10. The lowest BCUT2D eigenvalue weighted by Crippen LogP contribution is -2.28. The highest BCUT2D eigenvalue weighted by atomic mass is 32.2. The predicted octanol–water partition coefficient (Wildman–Crippen LogP) is 2.30. The smallest absolute Gasteiger partial charge is 0.258 e.